The number of para-hydroxylation sites is 1. The molecule has 1 aliphatic heterocycles. The number of ether oxygens (including phenoxy) is 2. The number of aromatic nitrogens is 2. The van der Waals surface area contributed by atoms with Gasteiger partial charge in [0.25, 0.3) is 11.8 Å². The van der Waals surface area contributed by atoms with Crippen molar-refractivity contribution < 1.29 is 36.8 Å². The van der Waals surface area contributed by atoms with E-state index in [2.05, 4.69) is 15.6 Å². The van der Waals surface area contributed by atoms with E-state index < -0.39 is 29.3 Å². The van der Waals surface area contributed by atoms with Crippen LogP contribution in [0.25, 0.3) is 11.5 Å². The summed E-state index contributed by atoms with van der Waals surface area (Å²) in [5.74, 6) is 0.0613. The first-order chi connectivity index (χ1) is 18.1. The number of rotatable bonds is 7. The highest BCUT2D eigenvalue weighted by Gasteiger charge is 2.52. The van der Waals surface area contributed by atoms with E-state index in [1.165, 1.54) is 19.1 Å². The molecule has 0 saturated carbocycles. The van der Waals surface area contributed by atoms with Crippen molar-refractivity contribution in [1.82, 2.24) is 15.1 Å². The van der Waals surface area contributed by atoms with Gasteiger partial charge in [-0.3, -0.25) is 10.2 Å². The van der Waals surface area contributed by atoms with Gasteiger partial charge in [0.15, 0.2) is 6.61 Å². The zero-order valence-corrected chi connectivity index (χ0v) is 19.7. The average Bonchev–Trinajstić information content (AvgIpc) is 3.47. The molecule has 1 aromatic heterocycles. The normalized spacial score (nSPS) is 17.4. The summed E-state index contributed by atoms with van der Waals surface area (Å²) < 4.78 is 54.4. The summed E-state index contributed by atoms with van der Waals surface area (Å²) in [6.07, 6.45) is -5.27. The van der Waals surface area contributed by atoms with Gasteiger partial charge in [0, 0.05) is 11.1 Å². The molecule has 38 heavy (non-hydrogen) atoms. The van der Waals surface area contributed by atoms with E-state index in [1.54, 1.807) is 54.6 Å². The van der Waals surface area contributed by atoms with Crippen LogP contribution in [-0.2, 0) is 27.9 Å². The van der Waals surface area contributed by atoms with Crippen molar-refractivity contribution in [1.29, 1.82) is 0 Å². The van der Waals surface area contributed by atoms with E-state index in [9.17, 15) is 22.8 Å². The summed E-state index contributed by atoms with van der Waals surface area (Å²) in [6.45, 7) is 1.42. The number of nitrogens with one attached hydrogen (secondary N) is 1. The monoisotopic (exact) mass is 524 g/mol. The highest BCUT2D eigenvalue weighted by molar-refractivity contribution is 6.04. The molecule has 0 spiro atoms. The van der Waals surface area contributed by atoms with Gasteiger partial charge in [0.05, 0.1) is 11.3 Å². The number of cyclic esters (lactones) is 1. The third kappa shape index (κ3) is 4.88. The lowest BCUT2D eigenvalue weighted by atomic mass is 9.95. The first-order valence-electron chi connectivity index (χ1n) is 11.3. The molecule has 12 heteroatoms. The summed E-state index contributed by atoms with van der Waals surface area (Å²) in [7, 11) is 0. The molecular formula is C26H19F3N4O5. The Labute approximate surface area is 213 Å². The van der Waals surface area contributed by atoms with Crippen LogP contribution in [0.3, 0.4) is 0 Å². The molecule has 194 valence electrons. The van der Waals surface area contributed by atoms with Crippen molar-refractivity contribution in [3.63, 3.8) is 0 Å². The molecule has 3 aromatic carbocycles. The molecule has 2 amide bonds. The Hall–Kier alpha value is -4.87. The van der Waals surface area contributed by atoms with Crippen molar-refractivity contribution in [3.05, 3.63) is 95.8 Å². The van der Waals surface area contributed by atoms with Gasteiger partial charge in [-0.05, 0) is 55.5 Å². The minimum Gasteiger partial charge on any atom is -0.485 e. The van der Waals surface area contributed by atoms with Gasteiger partial charge in [0.1, 0.15) is 5.75 Å². The third-order valence-electron chi connectivity index (χ3n) is 5.80. The van der Waals surface area contributed by atoms with Crippen molar-refractivity contribution in [3.8, 4) is 17.2 Å². The van der Waals surface area contributed by atoms with Gasteiger partial charge in [-0.15, -0.1) is 5.01 Å². The summed E-state index contributed by atoms with van der Waals surface area (Å²) in [6, 6.07) is 19.5. The highest BCUT2D eigenvalue weighted by Crippen LogP contribution is 2.35. The average molecular weight is 524 g/mol. The minimum absolute atomic E-state index is 0.0517. The summed E-state index contributed by atoms with van der Waals surface area (Å²) in [4.78, 5) is 29.6. The SMILES string of the molecule is CC1(c2ccc(OCc3noc(-c4ccc(C(F)(F)F)cc4)n3)cc2)OC(=O)N(Nc2ccccc2)C1=O. The van der Waals surface area contributed by atoms with Crippen LogP contribution in [0.15, 0.2) is 83.4 Å². The van der Waals surface area contributed by atoms with Crippen LogP contribution in [0.5, 0.6) is 5.75 Å². The molecule has 9 nitrogen and oxygen atoms in total. The molecule has 1 saturated heterocycles. The maximum absolute atomic E-state index is 13.0. The fourth-order valence-corrected chi connectivity index (χ4v) is 3.73. The number of benzene rings is 3. The maximum Gasteiger partial charge on any atom is 0.437 e. The molecule has 0 radical (unpaired) electrons. The fourth-order valence-electron chi connectivity index (χ4n) is 3.73. The second-order valence-corrected chi connectivity index (χ2v) is 8.42. The molecule has 1 aliphatic rings. The number of carbonyl (C=O) groups is 2. The van der Waals surface area contributed by atoms with Crippen LogP contribution in [0.4, 0.5) is 23.7 Å². The van der Waals surface area contributed by atoms with Crippen molar-refractivity contribution >= 4 is 17.7 Å². The number of hydrazine groups is 1. The summed E-state index contributed by atoms with van der Waals surface area (Å²) in [5, 5.41) is 4.61. The second-order valence-electron chi connectivity index (χ2n) is 8.42. The van der Waals surface area contributed by atoms with Crippen LogP contribution in [0.1, 0.15) is 23.9 Å². The number of nitrogens with zero attached hydrogens (tertiary/aromatic N) is 3. The number of hydrogen-bond donors (Lipinski definition) is 1. The lowest BCUT2D eigenvalue weighted by molar-refractivity contribution is -0.137. The number of halogens is 3. The smallest absolute Gasteiger partial charge is 0.437 e. The predicted octanol–water partition coefficient (Wildman–Crippen LogP) is 5.56. The Morgan fingerprint density at radius 3 is 2.32 bits per heavy atom. The Balaban J connectivity index is 1.22. The maximum atomic E-state index is 13.0. The molecule has 1 unspecified atom stereocenters. The van der Waals surface area contributed by atoms with Gasteiger partial charge in [-0.2, -0.15) is 18.2 Å². The molecular weight excluding hydrogens is 505 g/mol. The molecule has 0 bridgehead atoms. The molecule has 5 rings (SSSR count). The van der Waals surface area contributed by atoms with Crippen molar-refractivity contribution in [2.45, 2.75) is 25.3 Å². The predicted molar refractivity (Wildman–Crippen MR) is 126 cm³/mol. The molecule has 2 heterocycles. The number of carbonyl (C=O) groups excluding carboxylic acids is 2. The molecule has 1 fully saturated rings. The Morgan fingerprint density at radius 2 is 1.66 bits per heavy atom. The number of hydrogen-bond acceptors (Lipinski definition) is 8. The quantitative estimate of drug-likeness (QED) is 0.335. The fraction of sp³-hybridized carbons (Fsp3) is 0.154. The van der Waals surface area contributed by atoms with Crippen LogP contribution in [0, 0.1) is 0 Å². The minimum atomic E-state index is -4.44. The Bertz CT molecular complexity index is 1460. The molecule has 1 atom stereocenters. The Kier molecular flexibility index (Phi) is 6.23. The van der Waals surface area contributed by atoms with Gasteiger partial charge < -0.3 is 14.0 Å². The first kappa shape index (κ1) is 24.8. The third-order valence-corrected chi connectivity index (χ3v) is 5.80. The van der Waals surface area contributed by atoms with Gasteiger partial charge in [0.2, 0.25) is 11.4 Å². The molecule has 1 N–H and O–H groups in total. The van der Waals surface area contributed by atoms with Crippen LogP contribution < -0.4 is 10.2 Å². The standard InChI is InChI=1S/C26H19F3N4O5/c1-25(23(34)33(24(35)37-25)31-19-5-3-2-4-6-19)17-11-13-20(14-12-17)36-15-21-30-22(38-32-21)16-7-9-18(10-8-16)26(27,28)29/h2-14,31H,15H2,1H3. The second kappa shape index (κ2) is 9.54. The number of alkyl halides is 3. The zero-order chi connectivity index (χ0) is 26.9. The van der Waals surface area contributed by atoms with Gasteiger partial charge >= 0.3 is 12.3 Å². The highest BCUT2D eigenvalue weighted by atomic mass is 19.4. The van der Waals surface area contributed by atoms with E-state index in [0.717, 1.165) is 17.1 Å². The summed E-state index contributed by atoms with van der Waals surface area (Å²) >= 11 is 0. The van der Waals surface area contributed by atoms with E-state index in [4.69, 9.17) is 14.0 Å². The van der Waals surface area contributed by atoms with E-state index in [0.29, 0.717) is 22.6 Å². The lowest BCUT2D eigenvalue weighted by Gasteiger charge is -2.21. The van der Waals surface area contributed by atoms with Crippen LogP contribution >= 0.6 is 0 Å². The van der Waals surface area contributed by atoms with Crippen molar-refractivity contribution in [2.24, 2.45) is 0 Å². The van der Waals surface area contributed by atoms with Crippen LogP contribution in [-0.4, -0.2) is 27.1 Å². The largest absolute Gasteiger partial charge is 0.485 e. The number of imide groups is 1. The molecule has 4 aromatic rings. The Morgan fingerprint density at radius 1 is 0.974 bits per heavy atom. The van der Waals surface area contributed by atoms with Crippen molar-refractivity contribution in [2.75, 3.05) is 5.43 Å². The topological polar surface area (TPSA) is 107 Å². The zero-order valence-electron chi connectivity index (χ0n) is 19.7. The van der Waals surface area contributed by atoms with Crippen LogP contribution in [0.2, 0.25) is 0 Å². The van der Waals surface area contributed by atoms with E-state index >= 15 is 0 Å². The van der Waals surface area contributed by atoms with Gasteiger partial charge in [-0.25, -0.2) is 4.79 Å². The number of anilines is 1. The van der Waals surface area contributed by atoms with Gasteiger partial charge in [-0.1, -0.05) is 35.5 Å². The van der Waals surface area contributed by atoms with E-state index in [1.807, 2.05) is 0 Å². The molecule has 0 aliphatic carbocycles. The summed E-state index contributed by atoms with van der Waals surface area (Å²) in [5.41, 5.74) is 1.75. The van der Waals surface area contributed by atoms with E-state index in [-0.39, 0.29) is 18.3 Å². The number of amides is 2. The first-order valence-corrected chi connectivity index (χ1v) is 11.3. The lowest BCUT2D eigenvalue weighted by Crippen LogP contribution is -2.40.